The molecule has 0 fully saturated rings. The van der Waals surface area contributed by atoms with E-state index in [9.17, 15) is 14.4 Å². The maximum absolute atomic E-state index is 11.5. The molecule has 0 atom stereocenters. The first-order valence-electron chi connectivity index (χ1n) is 6.27. The highest BCUT2D eigenvalue weighted by Crippen LogP contribution is 2.54. The third-order valence-corrected chi connectivity index (χ3v) is 4.00. The summed E-state index contributed by atoms with van der Waals surface area (Å²) in [4.78, 5) is 18.8. The molecule has 0 aliphatic heterocycles. The largest absolute Gasteiger partial charge is 0.384 e. The van der Waals surface area contributed by atoms with Gasteiger partial charge in [0.2, 0.25) is 0 Å². The monoisotopic (exact) mass is 268 g/mol. The molecule has 0 unspecified atom stereocenters. The Kier molecular flexibility index (Phi) is 8.25. The van der Waals surface area contributed by atoms with Crippen LogP contribution in [0.25, 0.3) is 0 Å². The Morgan fingerprint density at radius 2 is 1.41 bits per heavy atom. The second kappa shape index (κ2) is 8.22. The van der Waals surface area contributed by atoms with E-state index >= 15 is 0 Å². The van der Waals surface area contributed by atoms with E-state index in [1.807, 2.05) is 13.8 Å². The first-order valence-corrected chi connectivity index (χ1v) is 7.88. The Hall–Kier alpha value is 0.0700. The lowest BCUT2D eigenvalue weighted by atomic mass is 10.3. The van der Waals surface area contributed by atoms with Crippen molar-refractivity contribution < 1.29 is 23.8 Å². The van der Waals surface area contributed by atoms with Crippen LogP contribution < -0.4 is 0 Å². The number of ether oxygens (including phenoxy) is 2. The minimum Gasteiger partial charge on any atom is -0.340 e. The number of hydrogen-bond acceptors (Lipinski definition) is 3. The molecule has 0 radical (unpaired) electrons. The summed E-state index contributed by atoms with van der Waals surface area (Å²) in [6, 6.07) is 0. The Bertz CT molecular complexity index is 228. The van der Waals surface area contributed by atoms with Gasteiger partial charge in [0, 0.05) is 6.42 Å². The van der Waals surface area contributed by atoms with Gasteiger partial charge in [0.15, 0.2) is 0 Å². The molecular formula is C11H25O5P. The van der Waals surface area contributed by atoms with Crippen LogP contribution in [-0.2, 0) is 14.0 Å². The molecule has 0 aromatic rings. The van der Waals surface area contributed by atoms with E-state index in [4.69, 9.17) is 9.47 Å². The predicted octanol–water partition coefficient (Wildman–Crippen LogP) is 2.86. The summed E-state index contributed by atoms with van der Waals surface area (Å²) in [5.74, 6) is 0. The number of unbranched alkanes of at least 4 members (excludes halogenated alkanes) is 2. The molecular weight excluding hydrogens is 243 g/mol. The molecule has 6 heteroatoms. The molecule has 0 saturated carbocycles. The molecule has 0 rings (SSSR count). The minimum absolute atomic E-state index is 0.144. The van der Waals surface area contributed by atoms with Crippen LogP contribution in [0.15, 0.2) is 0 Å². The maximum Gasteiger partial charge on any atom is 0.384 e. The zero-order chi connectivity index (χ0) is 13.4. The van der Waals surface area contributed by atoms with E-state index in [0.717, 1.165) is 25.7 Å². The van der Waals surface area contributed by atoms with Gasteiger partial charge in [-0.2, -0.15) is 0 Å². The van der Waals surface area contributed by atoms with Gasteiger partial charge in [0.25, 0.3) is 5.53 Å². The molecule has 0 bridgehead atoms. The van der Waals surface area contributed by atoms with Crippen LogP contribution in [0.1, 0.15) is 52.9 Å². The second-order valence-corrected chi connectivity index (χ2v) is 5.78. The van der Waals surface area contributed by atoms with Crippen molar-refractivity contribution in [2.75, 3.05) is 13.2 Å². The lowest BCUT2D eigenvalue weighted by Crippen LogP contribution is -2.36. The second-order valence-electron chi connectivity index (χ2n) is 4.01. The van der Waals surface area contributed by atoms with Gasteiger partial charge in [-0.25, -0.2) is 0 Å². The highest BCUT2D eigenvalue weighted by Gasteiger charge is 2.48. The zero-order valence-electron chi connectivity index (χ0n) is 11.0. The van der Waals surface area contributed by atoms with Crippen LogP contribution in [0.2, 0.25) is 0 Å². The fourth-order valence-electron chi connectivity index (χ4n) is 1.37. The maximum atomic E-state index is 11.5. The van der Waals surface area contributed by atoms with Gasteiger partial charge in [0.1, 0.15) is 0 Å². The molecule has 0 spiro atoms. The van der Waals surface area contributed by atoms with Gasteiger partial charge in [-0.05, 0) is 12.8 Å². The van der Waals surface area contributed by atoms with Crippen molar-refractivity contribution in [2.24, 2.45) is 0 Å². The molecule has 0 saturated heterocycles. The summed E-state index contributed by atoms with van der Waals surface area (Å²) >= 11 is 0. The third kappa shape index (κ3) is 5.49. The average molecular weight is 268 g/mol. The van der Waals surface area contributed by atoms with Crippen molar-refractivity contribution in [3.05, 3.63) is 0 Å². The Balaban J connectivity index is 4.58. The van der Waals surface area contributed by atoms with Crippen molar-refractivity contribution in [1.29, 1.82) is 0 Å². The Morgan fingerprint density at radius 3 is 1.65 bits per heavy atom. The molecule has 104 valence electrons. The lowest BCUT2D eigenvalue weighted by Gasteiger charge is -2.33. The van der Waals surface area contributed by atoms with Crippen molar-refractivity contribution in [3.8, 4) is 0 Å². The summed E-state index contributed by atoms with van der Waals surface area (Å²) in [6.07, 6.45) is 3.49. The summed E-state index contributed by atoms with van der Waals surface area (Å²) in [5, 5.41) is 0. The molecule has 0 amide bonds. The van der Waals surface area contributed by atoms with Crippen LogP contribution in [0.3, 0.4) is 0 Å². The van der Waals surface area contributed by atoms with Gasteiger partial charge in [-0.15, -0.1) is 0 Å². The molecule has 0 aromatic carbocycles. The smallest absolute Gasteiger partial charge is 0.340 e. The van der Waals surface area contributed by atoms with Crippen LogP contribution >= 0.6 is 7.60 Å². The predicted molar refractivity (Wildman–Crippen MR) is 66.8 cm³/mol. The Labute approximate surface area is 104 Å². The summed E-state index contributed by atoms with van der Waals surface area (Å²) in [5.41, 5.74) is -1.75. The van der Waals surface area contributed by atoms with Crippen LogP contribution in [0.4, 0.5) is 0 Å². The van der Waals surface area contributed by atoms with E-state index < -0.39 is 13.1 Å². The highest BCUT2D eigenvalue weighted by atomic mass is 31.2. The molecule has 0 heterocycles. The van der Waals surface area contributed by atoms with Crippen LogP contribution in [-0.4, -0.2) is 28.5 Å². The minimum atomic E-state index is -4.43. The van der Waals surface area contributed by atoms with Crippen molar-refractivity contribution in [2.45, 2.75) is 58.4 Å². The average Bonchev–Trinajstić information content (AvgIpc) is 2.26. The molecule has 5 nitrogen and oxygen atoms in total. The molecule has 2 N–H and O–H groups in total. The quantitative estimate of drug-likeness (QED) is 0.362. The van der Waals surface area contributed by atoms with Crippen molar-refractivity contribution in [3.63, 3.8) is 0 Å². The summed E-state index contributed by atoms with van der Waals surface area (Å²) in [6.45, 7) is 6.26. The van der Waals surface area contributed by atoms with Gasteiger partial charge >= 0.3 is 7.60 Å². The lowest BCUT2D eigenvalue weighted by molar-refractivity contribution is -0.192. The van der Waals surface area contributed by atoms with Crippen molar-refractivity contribution in [1.82, 2.24) is 0 Å². The highest BCUT2D eigenvalue weighted by molar-refractivity contribution is 7.53. The van der Waals surface area contributed by atoms with Crippen LogP contribution in [0.5, 0.6) is 0 Å². The summed E-state index contributed by atoms with van der Waals surface area (Å²) in [7, 11) is -4.43. The van der Waals surface area contributed by atoms with Gasteiger partial charge in [0.05, 0.1) is 13.2 Å². The number of rotatable bonds is 10. The van der Waals surface area contributed by atoms with E-state index in [-0.39, 0.29) is 6.42 Å². The topological polar surface area (TPSA) is 76.0 Å². The van der Waals surface area contributed by atoms with Crippen molar-refractivity contribution >= 4 is 7.60 Å². The molecule has 0 aromatic heterocycles. The third-order valence-electron chi connectivity index (χ3n) is 2.54. The van der Waals surface area contributed by atoms with Gasteiger partial charge < -0.3 is 19.3 Å². The molecule has 0 aliphatic carbocycles. The van der Waals surface area contributed by atoms with E-state index in [0.29, 0.717) is 13.2 Å². The standard InChI is InChI=1S/C11H25O5P/c1-4-7-9-15-11(6-3,17(12,13)14)16-10-8-5-2/h4-10H2,1-3H3,(H2,12,13,14). The van der Waals surface area contributed by atoms with E-state index in [2.05, 4.69) is 0 Å². The fraction of sp³-hybridized carbons (Fsp3) is 1.00. The van der Waals surface area contributed by atoms with E-state index in [1.165, 1.54) is 0 Å². The van der Waals surface area contributed by atoms with Gasteiger partial charge in [-0.1, -0.05) is 33.6 Å². The molecule has 0 aliphatic rings. The summed E-state index contributed by atoms with van der Waals surface area (Å²) < 4.78 is 22.2. The zero-order valence-corrected chi connectivity index (χ0v) is 11.9. The number of hydrogen-bond donors (Lipinski definition) is 2. The Morgan fingerprint density at radius 1 is 1.00 bits per heavy atom. The molecule has 17 heavy (non-hydrogen) atoms. The first kappa shape index (κ1) is 17.1. The van der Waals surface area contributed by atoms with Crippen LogP contribution in [0, 0.1) is 0 Å². The SMILES string of the molecule is CCCCOC(CC)(OCCCC)P(=O)(O)O. The fourth-order valence-corrected chi connectivity index (χ4v) is 2.30. The van der Waals surface area contributed by atoms with E-state index in [1.54, 1.807) is 6.92 Å². The van der Waals surface area contributed by atoms with Gasteiger partial charge in [-0.3, -0.25) is 4.57 Å². The normalized spacial score (nSPS) is 13.0. The first-order chi connectivity index (χ1) is 7.93.